The Morgan fingerprint density at radius 3 is 2.89 bits per heavy atom. The van der Waals surface area contributed by atoms with Crippen molar-refractivity contribution in [1.29, 1.82) is 5.26 Å². The number of aliphatic hydroxyl groups is 1. The summed E-state index contributed by atoms with van der Waals surface area (Å²) in [6.07, 6.45) is 4.21. The van der Waals surface area contributed by atoms with Gasteiger partial charge >= 0.3 is 0 Å². The molecule has 0 radical (unpaired) electrons. The maximum Gasteiger partial charge on any atom is 0.255 e. The number of aromatic nitrogens is 3. The molecule has 1 fully saturated rings. The number of hydrogen-bond donors (Lipinski definition) is 3. The lowest BCUT2D eigenvalue weighted by Crippen LogP contribution is -2.43. The summed E-state index contributed by atoms with van der Waals surface area (Å²) in [5.41, 5.74) is 2.25. The Bertz CT molecular complexity index is 1280. The maximum atomic E-state index is 14.6. The first-order chi connectivity index (χ1) is 17.2. The fourth-order valence-corrected chi connectivity index (χ4v) is 4.32. The third kappa shape index (κ3) is 5.48. The molecule has 1 aliphatic carbocycles. The first kappa shape index (κ1) is 25.5. The van der Waals surface area contributed by atoms with Crippen LogP contribution in [0.15, 0.2) is 36.7 Å². The summed E-state index contributed by atoms with van der Waals surface area (Å²) in [6, 6.07) is 9.25. The van der Waals surface area contributed by atoms with Gasteiger partial charge in [-0.3, -0.25) is 9.78 Å². The molecular formula is C26H31FN6O3. The molecule has 0 spiro atoms. The van der Waals surface area contributed by atoms with Gasteiger partial charge in [0.25, 0.3) is 5.91 Å². The van der Waals surface area contributed by atoms with Crippen LogP contribution >= 0.6 is 0 Å². The Hall–Kier alpha value is -3.55. The number of amides is 1. The number of aliphatic hydroxyl groups excluding tert-OH is 1. The molecule has 190 valence electrons. The second-order valence-electron chi connectivity index (χ2n) is 9.67. The molecule has 1 saturated carbocycles. The summed E-state index contributed by atoms with van der Waals surface area (Å²) in [5.74, 6) is -0.459. The Balaban J connectivity index is 1.65. The van der Waals surface area contributed by atoms with Gasteiger partial charge in [-0.2, -0.15) is 10.4 Å². The SMILES string of the molecule is COC(C)(C)[C@H](F)CNC(=O)c1cnc(-c2ccc3cc(C#N)cnn23)cc1N[C@H]1CCC[C@@H](O)C1. The molecule has 3 aromatic rings. The van der Waals surface area contributed by atoms with Gasteiger partial charge in [0.05, 0.1) is 58.2 Å². The van der Waals surface area contributed by atoms with Crippen LogP contribution in [0, 0.1) is 11.3 Å². The number of ether oxygens (including phenoxy) is 1. The lowest BCUT2D eigenvalue weighted by atomic mass is 9.92. The lowest BCUT2D eigenvalue weighted by molar-refractivity contribution is -0.0404. The van der Waals surface area contributed by atoms with Crippen LogP contribution in [0.3, 0.4) is 0 Å². The quantitative estimate of drug-likeness (QED) is 0.438. The molecule has 3 atom stereocenters. The number of methoxy groups -OCH3 is 1. The zero-order valence-electron chi connectivity index (χ0n) is 20.7. The van der Waals surface area contributed by atoms with E-state index in [0.29, 0.717) is 29.1 Å². The van der Waals surface area contributed by atoms with Crippen LogP contribution in [0.1, 0.15) is 55.5 Å². The third-order valence-corrected chi connectivity index (χ3v) is 6.77. The molecular weight excluding hydrogens is 463 g/mol. The number of carbonyl (C=O) groups excluding carboxylic acids is 1. The molecule has 3 heterocycles. The molecule has 0 aliphatic heterocycles. The number of pyridine rings is 1. The predicted octanol–water partition coefficient (Wildman–Crippen LogP) is 3.48. The average molecular weight is 495 g/mol. The van der Waals surface area contributed by atoms with Crippen LogP contribution in [0.2, 0.25) is 0 Å². The van der Waals surface area contributed by atoms with E-state index in [1.54, 1.807) is 30.5 Å². The second kappa shape index (κ2) is 10.6. The van der Waals surface area contributed by atoms with Crippen molar-refractivity contribution in [3.05, 3.63) is 47.8 Å². The van der Waals surface area contributed by atoms with Gasteiger partial charge in [0.15, 0.2) is 0 Å². The summed E-state index contributed by atoms with van der Waals surface area (Å²) in [5, 5.41) is 29.7. The van der Waals surface area contributed by atoms with Crippen molar-refractivity contribution >= 4 is 17.1 Å². The van der Waals surface area contributed by atoms with Gasteiger partial charge < -0.3 is 20.5 Å². The number of hydrogen-bond acceptors (Lipinski definition) is 7. The summed E-state index contributed by atoms with van der Waals surface area (Å²) >= 11 is 0. The smallest absolute Gasteiger partial charge is 0.255 e. The normalized spacial score (nSPS) is 19.0. The number of carbonyl (C=O) groups is 1. The molecule has 0 aromatic carbocycles. The Morgan fingerprint density at radius 1 is 1.36 bits per heavy atom. The van der Waals surface area contributed by atoms with Crippen LogP contribution in [0.4, 0.5) is 10.1 Å². The molecule has 1 aliphatic rings. The average Bonchev–Trinajstić information content (AvgIpc) is 3.30. The highest BCUT2D eigenvalue weighted by atomic mass is 19.1. The first-order valence-electron chi connectivity index (χ1n) is 12.0. The van der Waals surface area contributed by atoms with Gasteiger partial charge in [0, 0.05) is 19.3 Å². The summed E-state index contributed by atoms with van der Waals surface area (Å²) in [7, 11) is 1.43. The molecule has 0 bridgehead atoms. The van der Waals surface area contributed by atoms with Crippen molar-refractivity contribution in [1.82, 2.24) is 19.9 Å². The van der Waals surface area contributed by atoms with Crippen molar-refractivity contribution in [2.75, 3.05) is 19.0 Å². The second-order valence-corrected chi connectivity index (χ2v) is 9.67. The van der Waals surface area contributed by atoms with E-state index in [1.807, 2.05) is 12.1 Å². The van der Waals surface area contributed by atoms with Gasteiger partial charge in [0.1, 0.15) is 12.2 Å². The highest BCUT2D eigenvalue weighted by Crippen LogP contribution is 2.29. The van der Waals surface area contributed by atoms with Crippen LogP contribution in [-0.2, 0) is 4.74 Å². The van der Waals surface area contributed by atoms with Crippen LogP contribution in [0.5, 0.6) is 0 Å². The van der Waals surface area contributed by atoms with E-state index in [0.717, 1.165) is 24.8 Å². The minimum atomic E-state index is -1.40. The van der Waals surface area contributed by atoms with E-state index in [1.165, 1.54) is 19.5 Å². The van der Waals surface area contributed by atoms with Gasteiger partial charge in [-0.05, 0) is 63.8 Å². The van der Waals surface area contributed by atoms with Crippen LogP contribution < -0.4 is 10.6 Å². The number of alkyl halides is 1. The number of nitrogens with one attached hydrogen (secondary N) is 2. The summed E-state index contributed by atoms with van der Waals surface area (Å²) in [4.78, 5) is 17.6. The van der Waals surface area contributed by atoms with Gasteiger partial charge in [-0.15, -0.1) is 0 Å². The predicted molar refractivity (Wildman–Crippen MR) is 133 cm³/mol. The standard InChI is InChI=1S/C26H31FN6O3/c1-26(2,36-3)24(27)15-30-25(35)20-14-29-22(11-21(20)32-17-5-4-6-19(34)10-17)23-8-7-18-9-16(12-28)13-31-33(18)23/h7-9,11,13-14,17,19,24,34H,4-6,10,15H2,1-3H3,(H,29,32)(H,30,35)/t17-,19+,24+/m0/s1. The molecule has 3 N–H and O–H groups in total. The van der Waals surface area contributed by atoms with E-state index in [-0.39, 0.29) is 18.2 Å². The summed E-state index contributed by atoms with van der Waals surface area (Å²) in [6.45, 7) is 3.03. The van der Waals surface area contributed by atoms with E-state index >= 15 is 0 Å². The van der Waals surface area contributed by atoms with Crippen LogP contribution in [-0.4, -0.2) is 63.2 Å². The molecule has 1 amide bonds. The molecule has 0 unspecified atom stereocenters. The molecule has 3 aromatic heterocycles. The molecule has 10 heteroatoms. The molecule has 36 heavy (non-hydrogen) atoms. The largest absolute Gasteiger partial charge is 0.393 e. The van der Waals surface area contributed by atoms with Gasteiger partial charge in [-0.25, -0.2) is 8.91 Å². The van der Waals surface area contributed by atoms with Crippen molar-refractivity contribution in [2.24, 2.45) is 0 Å². The number of nitriles is 1. The van der Waals surface area contributed by atoms with Crippen molar-refractivity contribution < 1.29 is 19.0 Å². The van der Waals surface area contributed by atoms with Crippen molar-refractivity contribution in [2.45, 2.75) is 63.4 Å². The third-order valence-electron chi connectivity index (χ3n) is 6.77. The van der Waals surface area contributed by atoms with Gasteiger partial charge in [0.2, 0.25) is 0 Å². The number of anilines is 1. The molecule has 0 saturated heterocycles. The topological polar surface area (TPSA) is 125 Å². The van der Waals surface area contributed by atoms with Crippen molar-refractivity contribution in [3.8, 4) is 17.5 Å². The first-order valence-corrected chi connectivity index (χ1v) is 12.0. The molecule has 4 rings (SSSR count). The van der Waals surface area contributed by atoms with E-state index < -0.39 is 23.8 Å². The van der Waals surface area contributed by atoms with Gasteiger partial charge in [-0.1, -0.05) is 0 Å². The number of nitrogens with zero attached hydrogens (tertiary/aromatic N) is 4. The highest BCUT2D eigenvalue weighted by molar-refractivity contribution is 6.00. The fourth-order valence-electron chi connectivity index (χ4n) is 4.32. The zero-order valence-corrected chi connectivity index (χ0v) is 20.7. The summed E-state index contributed by atoms with van der Waals surface area (Å²) < 4.78 is 21.5. The monoisotopic (exact) mass is 494 g/mol. The van der Waals surface area contributed by atoms with Crippen LogP contribution in [0.25, 0.3) is 16.9 Å². The zero-order chi connectivity index (χ0) is 25.9. The minimum absolute atomic E-state index is 0.0164. The van der Waals surface area contributed by atoms with E-state index in [9.17, 15) is 14.3 Å². The van der Waals surface area contributed by atoms with E-state index in [4.69, 9.17) is 10.00 Å². The number of fused-ring (bicyclic) bond motifs is 1. The number of halogens is 1. The Kier molecular flexibility index (Phi) is 7.52. The Morgan fingerprint density at radius 2 is 2.17 bits per heavy atom. The lowest BCUT2D eigenvalue weighted by Gasteiger charge is -2.29. The maximum absolute atomic E-state index is 14.6. The number of rotatable bonds is 8. The minimum Gasteiger partial charge on any atom is -0.393 e. The molecule has 9 nitrogen and oxygen atoms in total. The van der Waals surface area contributed by atoms with E-state index in [2.05, 4.69) is 26.8 Å². The highest BCUT2D eigenvalue weighted by Gasteiger charge is 2.30. The fraction of sp³-hybridized carbons (Fsp3) is 0.462. The van der Waals surface area contributed by atoms with Crippen molar-refractivity contribution in [3.63, 3.8) is 0 Å². The Labute approximate surface area is 209 Å².